The fraction of sp³-hybridized carbons (Fsp3) is 0.500. The van der Waals surface area contributed by atoms with E-state index in [9.17, 15) is 9.18 Å². The van der Waals surface area contributed by atoms with Gasteiger partial charge in [0.15, 0.2) is 5.82 Å². The number of hydrogen-bond donors (Lipinski definition) is 0. The zero-order valence-corrected chi connectivity index (χ0v) is 11.3. The second-order valence-electron chi connectivity index (χ2n) is 4.73. The molecule has 0 N–H and O–H groups in total. The Morgan fingerprint density at radius 3 is 3.00 bits per heavy atom. The van der Waals surface area contributed by atoms with Crippen LogP contribution in [0.2, 0.25) is 0 Å². The van der Waals surface area contributed by atoms with Gasteiger partial charge < -0.3 is 9.64 Å². The Balaban J connectivity index is 1.88. The molecule has 108 valence electrons. The number of aromatic nitrogens is 2. The van der Waals surface area contributed by atoms with Crippen molar-refractivity contribution in [3.05, 3.63) is 30.9 Å². The highest BCUT2D eigenvalue weighted by Crippen LogP contribution is 2.16. The maximum Gasteiger partial charge on any atom is 0.316 e. The fourth-order valence-electron chi connectivity index (χ4n) is 2.15. The standard InChI is InChI=1S/C14H18FN3O2/c1-2-3-6-13(19)18-7-4-5-12(10-18)20-14-16-8-11(15)9-17-14/h2,8-9,12H,1,3-7,10H2/t12-/m1/s1. The van der Waals surface area contributed by atoms with Crippen LogP contribution in [-0.4, -0.2) is 40.0 Å². The molecule has 1 aromatic heterocycles. The third-order valence-corrected chi connectivity index (χ3v) is 3.16. The Hall–Kier alpha value is -1.98. The summed E-state index contributed by atoms with van der Waals surface area (Å²) in [6, 6.07) is 0.150. The zero-order chi connectivity index (χ0) is 14.4. The van der Waals surface area contributed by atoms with E-state index in [-0.39, 0.29) is 18.0 Å². The van der Waals surface area contributed by atoms with E-state index in [4.69, 9.17) is 4.74 Å². The summed E-state index contributed by atoms with van der Waals surface area (Å²) in [6.45, 7) is 4.89. The molecular weight excluding hydrogens is 261 g/mol. The summed E-state index contributed by atoms with van der Waals surface area (Å²) in [5.41, 5.74) is 0. The number of piperidine rings is 1. The number of ether oxygens (including phenoxy) is 1. The molecule has 20 heavy (non-hydrogen) atoms. The van der Waals surface area contributed by atoms with Gasteiger partial charge >= 0.3 is 6.01 Å². The van der Waals surface area contributed by atoms with E-state index in [2.05, 4.69) is 16.5 Å². The van der Waals surface area contributed by atoms with Gasteiger partial charge in [0, 0.05) is 13.0 Å². The molecule has 0 unspecified atom stereocenters. The van der Waals surface area contributed by atoms with E-state index in [1.807, 2.05) is 0 Å². The SMILES string of the molecule is C=CCCC(=O)N1CCC[C@@H](Oc2ncc(F)cn2)C1. The number of hydrogen-bond acceptors (Lipinski definition) is 4. The Morgan fingerprint density at radius 2 is 2.30 bits per heavy atom. The first kappa shape index (κ1) is 14.4. The molecule has 1 amide bonds. The van der Waals surface area contributed by atoms with Crippen molar-refractivity contribution in [2.75, 3.05) is 13.1 Å². The minimum Gasteiger partial charge on any atom is -0.458 e. The number of allylic oxidation sites excluding steroid dienone is 1. The third kappa shape index (κ3) is 4.01. The number of carbonyl (C=O) groups excluding carboxylic acids is 1. The highest BCUT2D eigenvalue weighted by Gasteiger charge is 2.24. The molecule has 1 aliphatic rings. The summed E-state index contributed by atoms with van der Waals surface area (Å²) in [5.74, 6) is -0.388. The van der Waals surface area contributed by atoms with E-state index in [0.29, 0.717) is 19.4 Å². The minimum absolute atomic E-state index is 0.109. The maximum atomic E-state index is 12.7. The minimum atomic E-state index is -0.498. The van der Waals surface area contributed by atoms with Crippen LogP contribution in [0.25, 0.3) is 0 Å². The molecule has 0 spiro atoms. The van der Waals surface area contributed by atoms with E-state index in [1.165, 1.54) is 0 Å². The highest BCUT2D eigenvalue weighted by molar-refractivity contribution is 5.76. The molecule has 1 saturated heterocycles. The van der Waals surface area contributed by atoms with Crippen LogP contribution in [0.5, 0.6) is 6.01 Å². The summed E-state index contributed by atoms with van der Waals surface area (Å²) >= 11 is 0. The molecule has 1 fully saturated rings. The number of likely N-dealkylation sites (tertiary alicyclic amines) is 1. The zero-order valence-electron chi connectivity index (χ0n) is 11.3. The molecule has 0 aliphatic carbocycles. The molecule has 2 rings (SSSR count). The third-order valence-electron chi connectivity index (χ3n) is 3.16. The van der Waals surface area contributed by atoms with Crippen LogP contribution in [0.1, 0.15) is 25.7 Å². The van der Waals surface area contributed by atoms with Crippen molar-refractivity contribution >= 4 is 5.91 Å². The van der Waals surface area contributed by atoms with Gasteiger partial charge in [-0.2, -0.15) is 0 Å². The first-order valence-corrected chi connectivity index (χ1v) is 6.72. The van der Waals surface area contributed by atoms with E-state index in [1.54, 1.807) is 11.0 Å². The summed E-state index contributed by atoms with van der Waals surface area (Å²) in [4.78, 5) is 21.3. The number of nitrogens with zero attached hydrogens (tertiary/aromatic N) is 3. The van der Waals surface area contributed by atoms with Crippen LogP contribution in [0.15, 0.2) is 25.0 Å². The van der Waals surface area contributed by atoms with Crippen molar-refractivity contribution in [1.29, 1.82) is 0 Å². The topological polar surface area (TPSA) is 55.3 Å². The van der Waals surface area contributed by atoms with E-state index in [0.717, 1.165) is 31.8 Å². The van der Waals surface area contributed by atoms with Crippen molar-refractivity contribution in [1.82, 2.24) is 14.9 Å². The molecule has 0 bridgehead atoms. The van der Waals surface area contributed by atoms with Gasteiger partial charge in [0.25, 0.3) is 0 Å². The van der Waals surface area contributed by atoms with Gasteiger partial charge in [0.1, 0.15) is 6.10 Å². The molecule has 1 aliphatic heterocycles. The van der Waals surface area contributed by atoms with E-state index < -0.39 is 5.82 Å². The normalized spacial score (nSPS) is 18.6. The summed E-state index contributed by atoms with van der Waals surface area (Å²) in [6.07, 6.45) is 6.61. The van der Waals surface area contributed by atoms with Gasteiger partial charge in [-0.3, -0.25) is 4.79 Å². The molecule has 1 aromatic rings. The molecule has 2 heterocycles. The number of carbonyl (C=O) groups is 1. The average molecular weight is 279 g/mol. The Morgan fingerprint density at radius 1 is 1.55 bits per heavy atom. The van der Waals surface area contributed by atoms with Crippen molar-refractivity contribution in [3.8, 4) is 6.01 Å². The molecule has 0 aromatic carbocycles. The second-order valence-corrected chi connectivity index (χ2v) is 4.73. The predicted octanol–water partition coefficient (Wildman–Crippen LogP) is 1.95. The second kappa shape index (κ2) is 6.98. The summed E-state index contributed by atoms with van der Waals surface area (Å²) in [5, 5.41) is 0. The van der Waals surface area contributed by atoms with Gasteiger partial charge in [-0.15, -0.1) is 6.58 Å². The number of rotatable bonds is 5. The molecule has 0 radical (unpaired) electrons. The lowest BCUT2D eigenvalue weighted by atomic mass is 10.1. The quantitative estimate of drug-likeness (QED) is 0.773. The predicted molar refractivity (Wildman–Crippen MR) is 71.7 cm³/mol. The first-order chi connectivity index (χ1) is 9.69. The van der Waals surface area contributed by atoms with Crippen molar-refractivity contribution < 1.29 is 13.9 Å². The van der Waals surface area contributed by atoms with Gasteiger partial charge in [0.05, 0.1) is 18.9 Å². The summed E-state index contributed by atoms with van der Waals surface area (Å²) in [7, 11) is 0. The van der Waals surface area contributed by atoms with Crippen molar-refractivity contribution in [2.45, 2.75) is 31.8 Å². The van der Waals surface area contributed by atoms with Crippen LogP contribution in [-0.2, 0) is 4.79 Å². The summed E-state index contributed by atoms with van der Waals surface area (Å²) < 4.78 is 18.3. The fourth-order valence-corrected chi connectivity index (χ4v) is 2.15. The molecule has 5 nitrogen and oxygen atoms in total. The largest absolute Gasteiger partial charge is 0.458 e. The smallest absolute Gasteiger partial charge is 0.316 e. The Bertz CT molecular complexity index is 464. The lowest BCUT2D eigenvalue weighted by Gasteiger charge is -2.32. The Kier molecular flexibility index (Phi) is 5.03. The lowest BCUT2D eigenvalue weighted by molar-refractivity contribution is -0.133. The molecular formula is C14H18FN3O2. The average Bonchev–Trinajstić information content (AvgIpc) is 2.47. The Labute approximate surface area is 117 Å². The van der Waals surface area contributed by atoms with Crippen LogP contribution < -0.4 is 4.74 Å². The van der Waals surface area contributed by atoms with Gasteiger partial charge in [0.2, 0.25) is 5.91 Å². The lowest BCUT2D eigenvalue weighted by Crippen LogP contribution is -2.44. The van der Waals surface area contributed by atoms with Crippen molar-refractivity contribution in [3.63, 3.8) is 0 Å². The first-order valence-electron chi connectivity index (χ1n) is 6.72. The van der Waals surface area contributed by atoms with Gasteiger partial charge in [-0.1, -0.05) is 6.08 Å². The molecule has 1 atom stereocenters. The van der Waals surface area contributed by atoms with Crippen LogP contribution in [0, 0.1) is 5.82 Å². The number of halogens is 1. The molecule has 6 heteroatoms. The van der Waals surface area contributed by atoms with Crippen LogP contribution in [0.4, 0.5) is 4.39 Å². The van der Waals surface area contributed by atoms with Crippen LogP contribution >= 0.6 is 0 Å². The van der Waals surface area contributed by atoms with E-state index >= 15 is 0 Å². The monoisotopic (exact) mass is 279 g/mol. The van der Waals surface area contributed by atoms with Crippen molar-refractivity contribution in [2.24, 2.45) is 0 Å². The molecule has 0 saturated carbocycles. The highest BCUT2D eigenvalue weighted by atomic mass is 19.1. The van der Waals surface area contributed by atoms with Crippen LogP contribution in [0.3, 0.4) is 0 Å². The maximum absolute atomic E-state index is 12.7. The van der Waals surface area contributed by atoms with Gasteiger partial charge in [-0.05, 0) is 19.3 Å². The van der Waals surface area contributed by atoms with Gasteiger partial charge in [-0.25, -0.2) is 14.4 Å². The number of amides is 1.